The molecule has 4 nitrogen and oxygen atoms in total. The maximum absolute atomic E-state index is 14.0. The predicted octanol–water partition coefficient (Wildman–Crippen LogP) is 2.40. The van der Waals surface area contributed by atoms with Crippen LogP contribution in [0.1, 0.15) is 29.6 Å². The molecule has 5 heteroatoms. The summed E-state index contributed by atoms with van der Waals surface area (Å²) in [5.41, 5.74) is 0.209. The molecule has 2 aliphatic heterocycles. The van der Waals surface area contributed by atoms with E-state index in [-0.39, 0.29) is 11.5 Å². The van der Waals surface area contributed by atoms with E-state index in [1.165, 1.54) is 25.3 Å². The fourth-order valence-corrected chi connectivity index (χ4v) is 4.85. The number of rotatable bonds is 2. The van der Waals surface area contributed by atoms with E-state index in [0.717, 1.165) is 39.4 Å². The molecule has 24 heavy (non-hydrogen) atoms. The van der Waals surface area contributed by atoms with Crippen molar-refractivity contribution in [3.8, 4) is 0 Å². The van der Waals surface area contributed by atoms with Gasteiger partial charge in [-0.3, -0.25) is 9.69 Å². The van der Waals surface area contributed by atoms with Gasteiger partial charge in [-0.1, -0.05) is 18.6 Å². The van der Waals surface area contributed by atoms with Crippen molar-refractivity contribution < 1.29 is 13.9 Å². The average molecular weight is 332 g/mol. The minimum absolute atomic E-state index is 0.148. The fourth-order valence-electron chi connectivity index (χ4n) is 4.85. The Morgan fingerprint density at radius 2 is 1.75 bits per heavy atom. The number of morpholine rings is 1. The number of halogens is 1. The largest absolute Gasteiger partial charge is 0.379 e. The van der Waals surface area contributed by atoms with Crippen LogP contribution in [0.4, 0.5) is 4.39 Å². The molecule has 3 fully saturated rings. The molecule has 2 bridgehead atoms. The highest BCUT2D eigenvalue weighted by Crippen LogP contribution is 2.38. The van der Waals surface area contributed by atoms with E-state index in [2.05, 4.69) is 4.90 Å². The van der Waals surface area contributed by atoms with Crippen molar-refractivity contribution in [2.24, 2.45) is 11.8 Å². The lowest BCUT2D eigenvalue weighted by atomic mass is 9.72. The molecule has 3 atom stereocenters. The Morgan fingerprint density at radius 1 is 1.08 bits per heavy atom. The first-order valence-corrected chi connectivity index (χ1v) is 9.09. The number of hydrogen-bond acceptors (Lipinski definition) is 3. The van der Waals surface area contributed by atoms with E-state index in [4.69, 9.17) is 4.74 Å². The van der Waals surface area contributed by atoms with Crippen LogP contribution < -0.4 is 0 Å². The van der Waals surface area contributed by atoms with Crippen molar-refractivity contribution in [2.75, 3.05) is 39.4 Å². The van der Waals surface area contributed by atoms with Crippen LogP contribution in [-0.2, 0) is 4.74 Å². The zero-order chi connectivity index (χ0) is 16.5. The lowest BCUT2D eigenvalue weighted by Gasteiger charge is -2.52. The van der Waals surface area contributed by atoms with Gasteiger partial charge in [0.25, 0.3) is 5.91 Å². The molecule has 1 amide bonds. The van der Waals surface area contributed by atoms with Crippen molar-refractivity contribution in [3.05, 3.63) is 35.6 Å². The van der Waals surface area contributed by atoms with Crippen molar-refractivity contribution in [1.82, 2.24) is 9.80 Å². The second kappa shape index (κ2) is 6.81. The SMILES string of the molecule is O=C(c1ccccc1F)N1C[C@H]2CCC[C@@H](C1)C2N1CCOCC1. The number of carbonyl (C=O) groups is 1. The van der Waals surface area contributed by atoms with Crippen molar-refractivity contribution >= 4 is 5.91 Å². The highest BCUT2D eigenvalue weighted by atomic mass is 19.1. The number of carbonyl (C=O) groups excluding carboxylic acids is 1. The Hall–Kier alpha value is -1.46. The van der Waals surface area contributed by atoms with E-state index in [0.29, 0.717) is 17.9 Å². The maximum atomic E-state index is 14.0. The first kappa shape index (κ1) is 16.0. The van der Waals surface area contributed by atoms with Crippen LogP contribution in [0, 0.1) is 17.7 Å². The monoisotopic (exact) mass is 332 g/mol. The molecule has 1 saturated carbocycles. The number of likely N-dealkylation sites (tertiary alicyclic amines) is 1. The summed E-state index contributed by atoms with van der Waals surface area (Å²) in [6, 6.07) is 6.89. The summed E-state index contributed by atoms with van der Waals surface area (Å²) in [5.74, 6) is 0.450. The van der Waals surface area contributed by atoms with Gasteiger partial charge in [-0.25, -0.2) is 4.39 Å². The lowest BCUT2D eigenvalue weighted by molar-refractivity contribution is -0.0556. The van der Waals surface area contributed by atoms with Crippen molar-refractivity contribution in [1.29, 1.82) is 0 Å². The van der Waals surface area contributed by atoms with E-state index >= 15 is 0 Å². The summed E-state index contributed by atoms with van der Waals surface area (Å²) in [7, 11) is 0. The first-order chi connectivity index (χ1) is 11.7. The zero-order valence-electron chi connectivity index (χ0n) is 14.0. The first-order valence-electron chi connectivity index (χ1n) is 9.09. The third-order valence-electron chi connectivity index (χ3n) is 5.88. The van der Waals surface area contributed by atoms with Gasteiger partial charge < -0.3 is 9.64 Å². The van der Waals surface area contributed by atoms with Gasteiger partial charge in [0.15, 0.2) is 0 Å². The fraction of sp³-hybridized carbons (Fsp3) is 0.632. The Morgan fingerprint density at radius 3 is 2.42 bits per heavy atom. The van der Waals surface area contributed by atoms with Gasteiger partial charge in [0.2, 0.25) is 0 Å². The number of hydrogen-bond donors (Lipinski definition) is 0. The molecule has 130 valence electrons. The molecule has 0 radical (unpaired) electrons. The minimum Gasteiger partial charge on any atom is -0.379 e. The number of piperidine rings is 1. The van der Waals surface area contributed by atoms with Crippen LogP contribution in [0.5, 0.6) is 0 Å². The summed E-state index contributed by atoms with van der Waals surface area (Å²) >= 11 is 0. The van der Waals surface area contributed by atoms with Gasteiger partial charge in [-0.15, -0.1) is 0 Å². The predicted molar refractivity (Wildman–Crippen MR) is 89.3 cm³/mol. The highest BCUT2D eigenvalue weighted by Gasteiger charge is 2.44. The Balaban J connectivity index is 1.51. The number of amides is 1. The summed E-state index contributed by atoms with van der Waals surface area (Å²) in [4.78, 5) is 17.3. The summed E-state index contributed by atoms with van der Waals surface area (Å²) in [5, 5.41) is 0. The quantitative estimate of drug-likeness (QED) is 0.834. The smallest absolute Gasteiger partial charge is 0.256 e. The summed E-state index contributed by atoms with van der Waals surface area (Å²) < 4.78 is 19.5. The van der Waals surface area contributed by atoms with E-state index < -0.39 is 5.82 Å². The van der Waals surface area contributed by atoms with Gasteiger partial charge >= 0.3 is 0 Å². The zero-order valence-corrected chi connectivity index (χ0v) is 14.0. The van der Waals surface area contributed by atoms with Crippen molar-refractivity contribution in [2.45, 2.75) is 25.3 Å². The third-order valence-corrected chi connectivity index (χ3v) is 5.88. The molecule has 0 N–H and O–H groups in total. The molecule has 2 heterocycles. The molecule has 3 aliphatic rings. The number of nitrogens with zero attached hydrogens (tertiary/aromatic N) is 2. The minimum atomic E-state index is -0.414. The molecule has 0 aromatic heterocycles. The highest BCUT2D eigenvalue weighted by molar-refractivity contribution is 5.94. The Kier molecular flexibility index (Phi) is 4.55. The summed E-state index contributed by atoms with van der Waals surface area (Å²) in [6.07, 6.45) is 3.58. The normalized spacial score (nSPS) is 31.0. The van der Waals surface area contributed by atoms with Crippen LogP contribution in [0.25, 0.3) is 0 Å². The maximum Gasteiger partial charge on any atom is 0.256 e. The van der Waals surface area contributed by atoms with Crippen LogP contribution in [-0.4, -0.2) is 61.1 Å². The number of ether oxygens (including phenoxy) is 1. The molecule has 2 saturated heterocycles. The molecule has 1 aromatic carbocycles. The van der Waals surface area contributed by atoms with Gasteiger partial charge in [-0.05, 0) is 36.8 Å². The van der Waals surface area contributed by atoms with Crippen LogP contribution in [0.15, 0.2) is 24.3 Å². The van der Waals surface area contributed by atoms with Gasteiger partial charge in [0.1, 0.15) is 5.82 Å². The molecule has 1 unspecified atom stereocenters. The van der Waals surface area contributed by atoms with Gasteiger partial charge in [0, 0.05) is 32.2 Å². The summed E-state index contributed by atoms with van der Waals surface area (Å²) in [6.45, 7) is 5.14. The average Bonchev–Trinajstić information content (AvgIpc) is 2.61. The van der Waals surface area contributed by atoms with Crippen LogP contribution >= 0.6 is 0 Å². The standard InChI is InChI=1S/C19H25FN2O2/c20-17-7-2-1-6-16(17)19(23)22-12-14-4-3-5-15(13-22)18(14)21-8-10-24-11-9-21/h1-2,6-7,14-15,18H,3-5,8-13H2/t14-,15+,18?. The van der Waals surface area contributed by atoms with E-state index in [1.807, 2.05) is 4.90 Å². The Bertz CT molecular complexity index is 589. The van der Waals surface area contributed by atoms with Crippen LogP contribution in [0.3, 0.4) is 0 Å². The molecule has 1 aliphatic carbocycles. The number of fused-ring (bicyclic) bond motifs is 2. The molecule has 4 rings (SSSR count). The molecular weight excluding hydrogens is 307 g/mol. The second-order valence-electron chi connectivity index (χ2n) is 7.28. The molecule has 1 aromatic rings. The number of benzene rings is 1. The van der Waals surface area contributed by atoms with Gasteiger partial charge in [0.05, 0.1) is 18.8 Å². The van der Waals surface area contributed by atoms with E-state index in [9.17, 15) is 9.18 Å². The Labute approximate surface area is 142 Å². The second-order valence-corrected chi connectivity index (χ2v) is 7.28. The topological polar surface area (TPSA) is 32.8 Å². The molecular formula is C19H25FN2O2. The van der Waals surface area contributed by atoms with Crippen molar-refractivity contribution in [3.63, 3.8) is 0 Å². The van der Waals surface area contributed by atoms with Crippen LogP contribution in [0.2, 0.25) is 0 Å². The van der Waals surface area contributed by atoms with Gasteiger partial charge in [-0.2, -0.15) is 0 Å². The lowest BCUT2D eigenvalue weighted by Crippen LogP contribution is -2.61. The van der Waals surface area contributed by atoms with E-state index in [1.54, 1.807) is 18.2 Å². The third kappa shape index (κ3) is 2.95. The molecule has 0 spiro atoms.